The van der Waals surface area contributed by atoms with Crippen LogP contribution in [0.15, 0.2) is 35.7 Å². The molecule has 4 nitrogen and oxygen atoms in total. The SMILES string of the molecule is O=C(Nc1ccc(F)c(Cl)c1)C1CCCN1C(=O)Cc1cccs1. The fraction of sp³-hybridized carbons (Fsp3) is 0.294. The van der Waals surface area contributed by atoms with Gasteiger partial charge in [0.15, 0.2) is 0 Å². The number of hydrogen-bond acceptors (Lipinski definition) is 3. The molecule has 0 bridgehead atoms. The van der Waals surface area contributed by atoms with Gasteiger partial charge in [0.1, 0.15) is 11.9 Å². The van der Waals surface area contributed by atoms with Gasteiger partial charge < -0.3 is 10.2 Å². The van der Waals surface area contributed by atoms with Crippen LogP contribution < -0.4 is 5.32 Å². The number of thiophene rings is 1. The largest absolute Gasteiger partial charge is 0.330 e. The minimum Gasteiger partial charge on any atom is -0.330 e. The van der Waals surface area contributed by atoms with Gasteiger partial charge in [-0.1, -0.05) is 17.7 Å². The third-order valence-electron chi connectivity index (χ3n) is 3.97. The number of carbonyl (C=O) groups is 2. The van der Waals surface area contributed by atoms with Crippen molar-refractivity contribution in [3.05, 3.63) is 51.4 Å². The topological polar surface area (TPSA) is 49.4 Å². The van der Waals surface area contributed by atoms with Crippen molar-refractivity contribution in [1.29, 1.82) is 0 Å². The molecule has 0 radical (unpaired) electrons. The van der Waals surface area contributed by atoms with E-state index in [9.17, 15) is 14.0 Å². The van der Waals surface area contributed by atoms with E-state index in [1.54, 1.807) is 4.90 Å². The molecule has 0 saturated carbocycles. The van der Waals surface area contributed by atoms with Gasteiger partial charge in [0, 0.05) is 17.1 Å². The lowest BCUT2D eigenvalue weighted by atomic mass is 10.2. The van der Waals surface area contributed by atoms with E-state index in [4.69, 9.17) is 11.6 Å². The Morgan fingerprint density at radius 3 is 2.92 bits per heavy atom. The van der Waals surface area contributed by atoms with E-state index in [-0.39, 0.29) is 16.8 Å². The van der Waals surface area contributed by atoms with Crippen LogP contribution in [0.4, 0.5) is 10.1 Å². The highest BCUT2D eigenvalue weighted by atomic mass is 35.5. The smallest absolute Gasteiger partial charge is 0.247 e. The van der Waals surface area contributed by atoms with Crippen LogP contribution in [0, 0.1) is 5.82 Å². The van der Waals surface area contributed by atoms with Crippen LogP contribution in [0.25, 0.3) is 0 Å². The van der Waals surface area contributed by atoms with Crippen molar-refractivity contribution in [3.8, 4) is 0 Å². The van der Waals surface area contributed by atoms with Gasteiger partial charge in [0.05, 0.1) is 11.4 Å². The first-order valence-electron chi connectivity index (χ1n) is 7.62. The van der Waals surface area contributed by atoms with Gasteiger partial charge in [-0.2, -0.15) is 0 Å². The van der Waals surface area contributed by atoms with Gasteiger partial charge in [0.2, 0.25) is 11.8 Å². The molecule has 2 aromatic rings. The molecule has 1 aromatic carbocycles. The summed E-state index contributed by atoms with van der Waals surface area (Å²) in [4.78, 5) is 27.6. The van der Waals surface area contributed by atoms with Gasteiger partial charge in [-0.15, -0.1) is 11.3 Å². The van der Waals surface area contributed by atoms with Crippen LogP contribution in [-0.4, -0.2) is 29.3 Å². The maximum Gasteiger partial charge on any atom is 0.247 e. The normalized spacial score (nSPS) is 17.1. The molecule has 1 aromatic heterocycles. The van der Waals surface area contributed by atoms with Gasteiger partial charge >= 0.3 is 0 Å². The lowest BCUT2D eigenvalue weighted by molar-refractivity contribution is -0.136. The molecule has 7 heteroatoms. The molecule has 1 unspecified atom stereocenters. The van der Waals surface area contributed by atoms with Crippen molar-refractivity contribution in [1.82, 2.24) is 4.90 Å². The predicted octanol–water partition coefficient (Wildman–Crippen LogP) is 3.71. The average Bonchev–Trinajstić information content (AvgIpc) is 3.22. The predicted molar refractivity (Wildman–Crippen MR) is 92.8 cm³/mol. The number of likely N-dealkylation sites (tertiary alicyclic amines) is 1. The van der Waals surface area contributed by atoms with Crippen LogP contribution in [0.3, 0.4) is 0 Å². The first-order chi connectivity index (χ1) is 11.5. The third kappa shape index (κ3) is 3.76. The second-order valence-electron chi connectivity index (χ2n) is 5.62. The zero-order chi connectivity index (χ0) is 17.1. The summed E-state index contributed by atoms with van der Waals surface area (Å²) in [5.74, 6) is -0.856. The molecule has 3 rings (SSSR count). The van der Waals surface area contributed by atoms with E-state index in [1.165, 1.54) is 29.5 Å². The highest BCUT2D eigenvalue weighted by molar-refractivity contribution is 7.10. The molecule has 1 saturated heterocycles. The number of rotatable bonds is 4. The molecule has 2 amide bonds. The van der Waals surface area contributed by atoms with Crippen LogP contribution in [0.5, 0.6) is 0 Å². The Morgan fingerprint density at radius 1 is 1.38 bits per heavy atom. The Morgan fingerprint density at radius 2 is 2.21 bits per heavy atom. The molecule has 1 fully saturated rings. The number of nitrogens with zero attached hydrogens (tertiary/aromatic N) is 1. The Hall–Kier alpha value is -1.92. The fourth-order valence-electron chi connectivity index (χ4n) is 2.80. The number of carbonyl (C=O) groups excluding carboxylic acids is 2. The Balaban J connectivity index is 1.66. The molecule has 126 valence electrons. The molecule has 1 atom stereocenters. The van der Waals surface area contributed by atoms with Crippen molar-refractivity contribution in [2.45, 2.75) is 25.3 Å². The van der Waals surface area contributed by atoms with E-state index in [0.29, 0.717) is 25.1 Å². The second kappa shape index (κ2) is 7.32. The second-order valence-corrected chi connectivity index (χ2v) is 7.06. The Labute approximate surface area is 148 Å². The first kappa shape index (κ1) is 16.9. The molecule has 1 aliphatic rings. The third-order valence-corrected chi connectivity index (χ3v) is 5.13. The first-order valence-corrected chi connectivity index (χ1v) is 8.88. The zero-order valence-electron chi connectivity index (χ0n) is 12.8. The van der Waals surface area contributed by atoms with E-state index in [0.717, 1.165) is 11.3 Å². The maximum atomic E-state index is 13.2. The molecule has 2 heterocycles. The number of hydrogen-bond donors (Lipinski definition) is 1. The van der Waals surface area contributed by atoms with E-state index >= 15 is 0 Å². The van der Waals surface area contributed by atoms with Crippen LogP contribution in [-0.2, 0) is 16.0 Å². The standard InChI is InChI=1S/C17H16ClFN2O2S/c18-13-9-11(5-6-14(13)19)20-17(23)15-4-1-7-21(15)16(22)10-12-3-2-8-24-12/h2-3,5-6,8-9,15H,1,4,7,10H2,(H,20,23). The van der Waals surface area contributed by atoms with Crippen LogP contribution >= 0.6 is 22.9 Å². The number of nitrogens with one attached hydrogen (secondary N) is 1. The average molecular weight is 367 g/mol. The molecule has 0 spiro atoms. The highest BCUT2D eigenvalue weighted by Crippen LogP contribution is 2.23. The number of amides is 2. The van der Waals surface area contributed by atoms with E-state index < -0.39 is 11.9 Å². The van der Waals surface area contributed by atoms with Crippen LogP contribution in [0.2, 0.25) is 5.02 Å². The van der Waals surface area contributed by atoms with Crippen molar-refractivity contribution in [2.24, 2.45) is 0 Å². The maximum absolute atomic E-state index is 13.2. The van der Waals surface area contributed by atoms with Gasteiger partial charge in [-0.05, 0) is 42.5 Å². The van der Waals surface area contributed by atoms with Crippen molar-refractivity contribution < 1.29 is 14.0 Å². The number of halogens is 2. The Bertz CT molecular complexity index is 751. The summed E-state index contributed by atoms with van der Waals surface area (Å²) in [5.41, 5.74) is 0.420. The minimum atomic E-state index is -0.539. The Kier molecular flexibility index (Phi) is 5.16. The monoisotopic (exact) mass is 366 g/mol. The summed E-state index contributed by atoms with van der Waals surface area (Å²) in [7, 11) is 0. The zero-order valence-corrected chi connectivity index (χ0v) is 14.4. The van der Waals surface area contributed by atoms with E-state index in [2.05, 4.69) is 5.32 Å². The lowest BCUT2D eigenvalue weighted by Gasteiger charge is -2.24. The molecule has 1 N–H and O–H groups in total. The summed E-state index contributed by atoms with van der Waals surface area (Å²) in [6.45, 7) is 0.576. The summed E-state index contributed by atoms with van der Waals surface area (Å²) in [6.07, 6.45) is 1.72. The van der Waals surface area contributed by atoms with Gasteiger partial charge in [0.25, 0.3) is 0 Å². The molecule has 0 aliphatic carbocycles. The van der Waals surface area contributed by atoms with Crippen molar-refractivity contribution >= 4 is 40.4 Å². The quantitative estimate of drug-likeness (QED) is 0.896. The summed E-state index contributed by atoms with van der Waals surface area (Å²) in [6, 6.07) is 7.33. The van der Waals surface area contributed by atoms with Crippen molar-refractivity contribution in [3.63, 3.8) is 0 Å². The van der Waals surface area contributed by atoms with Gasteiger partial charge in [-0.25, -0.2) is 4.39 Å². The molecular weight excluding hydrogens is 351 g/mol. The fourth-order valence-corrected chi connectivity index (χ4v) is 3.68. The number of anilines is 1. The highest BCUT2D eigenvalue weighted by Gasteiger charge is 2.34. The molecule has 24 heavy (non-hydrogen) atoms. The van der Waals surface area contributed by atoms with Crippen molar-refractivity contribution in [2.75, 3.05) is 11.9 Å². The molecule has 1 aliphatic heterocycles. The number of benzene rings is 1. The molecular formula is C17H16ClFN2O2S. The summed E-state index contributed by atoms with van der Waals surface area (Å²) >= 11 is 7.25. The summed E-state index contributed by atoms with van der Waals surface area (Å²) in [5, 5.41) is 4.59. The lowest BCUT2D eigenvalue weighted by Crippen LogP contribution is -2.43. The van der Waals surface area contributed by atoms with Gasteiger partial charge in [-0.3, -0.25) is 9.59 Å². The minimum absolute atomic E-state index is 0.0489. The van der Waals surface area contributed by atoms with E-state index in [1.807, 2.05) is 17.5 Å². The summed E-state index contributed by atoms with van der Waals surface area (Å²) < 4.78 is 13.2. The van der Waals surface area contributed by atoms with Crippen LogP contribution in [0.1, 0.15) is 17.7 Å².